The first-order chi connectivity index (χ1) is 9.79. The van der Waals surface area contributed by atoms with E-state index in [0.717, 1.165) is 30.7 Å². The predicted molar refractivity (Wildman–Crippen MR) is 85.6 cm³/mol. The summed E-state index contributed by atoms with van der Waals surface area (Å²) in [5.41, 5.74) is 2.56. The van der Waals surface area contributed by atoms with Crippen molar-refractivity contribution >= 4 is 17.3 Å². The fourth-order valence-corrected chi connectivity index (χ4v) is 3.97. The van der Waals surface area contributed by atoms with Gasteiger partial charge in [-0.25, -0.2) is 0 Å². The van der Waals surface area contributed by atoms with E-state index >= 15 is 0 Å². The second-order valence-electron chi connectivity index (χ2n) is 5.91. The Bertz CT molecular complexity index is 463. The van der Waals surface area contributed by atoms with Crippen molar-refractivity contribution in [3.8, 4) is 0 Å². The van der Waals surface area contributed by atoms with E-state index in [1.807, 2.05) is 13.1 Å². The summed E-state index contributed by atoms with van der Waals surface area (Å²) in [5.74, 6) is 0. The van der Waals surface area contributed by atoms with Crippen molar-refractivity contribution in [3.05, 3.63) is 28.8 Å². The summed E-state index contributed by atoms with van der Waals surface area (Å²) in [6.07, 6.45) is 3.92. The number of nitrogens with one attached hydrogen (secondary N) is 1. The van der Waals surface area contributed by atoms with Crippen LogP contribution in [0.25, 0.3) is 0 Å². The molecule has 0 saturated carbocycles. The highest BCUT2D eigenvalue weighted by Gasteiger charge is 2.29. The van der Waals surface area contributed by atoms with Gasteiger partial charge in [-0.3, -0.25) is 4.90 Å². The van der Waals surface area contributed by atoms with Crippen LogP contribution < -0.4 is 10.2 Å². The molecule has 0 amide bonds. The summed E-state index contributed by atoms with van der Waals surface area (Å²) in [7, 11) is 1.99. The normalized spacial score (nSPS) is 23.7. The molecule has 2 aliphatic heterocycles. The van der Waals surface area contributed by atoms with E-state index < -0.39 is 0 Å². The van der Waals surface area contributed by atoms with Gasteiger partial charge >= 0.3 is 0 Å². The van der Waals surface area contributed by atoms with Crippen molar-refractivity contribution in [2.24, 2.45) is 0 Å². The molecule has 20 heavy (non-hydrogen) atoms. The molecule has 0 spiro atoms. The van der Waals surface area contributed by atoms with Gasteiger partial charge in [-0.2, -0.15) is 0 Å². The molecule has 3 rings (SSSR count). The summed E-state index contributed by atoms with van der Waals surface area (Å²) >= 11 is 6.51. The SMILES string of the molecule is CNCc1cccc(Cl)c1N1CCCN2CCCC2C1. The summed E-state index contributed by atoms with van der Waals surface area (Å²) in [4.78, 5) is 5.18. The first-order valence-electron chi connectivity index (χ1n) is 7.70. The molecule has 110 valence electrons. The summed E-state index contributed by atoms with van der Waals surface area (Å²) < 4.78 is 0. The number of anilines is 1. The predicted octanol–water partition coefficient (Wildman–Crippen LogP) is 2.73. The van der Waals surface area contributed by atoms with Crippen molar-refractivity contribution in [2.75, 3.05) is 38.1 Å². The Morgan fingerprint density at radius 2 is 2.10 bits per heavy atom. The Kier molecular flexibility index (Phi) is 4.49. The van der Waals surface area contributed by atoms with Crippen LogP contribution in [0, 0.1) is 0 Å². The van der Waals surface area contributed by atoms with E-state index in [9.17, 15) is 0 Å². The minimum atomic E-state index is 0.719. The molecule has 1 aromatic rings. The van der Waals surface area contributed by atoms with Gasteiger partial charge in [-0.05, 0) is 44.5 Å². The molecule has 2 heterocycles. The third-order valence-electron chi connectivity index (χ3n) is 4.56. The minimum absolute atomic E-state index is 0.719. The third-order valence-corrected chi connectivity index (χ3v) is 4.86. The van der Waals surface area contributed by atoms with Crippen molar-refractivity contribution < 1.29 is 0 Å². The molecular weight excluding hydrogens is 270 g/mol. The topological polar surface area (TPSA) is 18.5 Å². The van der Waals surface area contributed by atoms with Crippen LogP contribution in [-0.4, -0.2) is 44.2 Å². The first kappa shape index (κ1) is 14.2. The highest BCUT2D eigenvalue weighted by atomic mass is 35.5. The fourth-order valence-electron chi connectivity index (χ4n) is 3.66. The number of benzene rings is 1. The smallest absolute Gasteiger partial charge is 0.0642 e. The molecule has 3 nitrogen and oxygen atoms in total. The van der Waals surface area contributed by atoms with Crippen LogP contribution in [0.15, 0.2) is 18.2 Å². The van der Waals surface area contributed by atoms with Gasteiger partial charge in [-0.1, -0.05) is 23.7 Å². The zero-order chi connectivity index (χ0) is 13.9. The lowest BCUT2D eigenvalue weighted by Crippen LogP contribution is -2.37. The Morgan fingerprint density at radius 3 is 2.95 bits per heavy atom. The molecule has 1 unspecified atom stereocenters. The fraction of sp³-hybridized carbons (Fsp3) is 0.625. The number of fused-ring (bicyclic) bond motifs is 1. The minimum Gasteiger partial charge on any atom is -0.368 e. The number of para-hydroxylation sites is 1. The van der Waals surface area contributed by atoms with Gasteiger partial charge < -0.3 is 10.2 Å². The molecule has 2 aliphatic rings. The Labute approximate surface area is 126 Å². The van der Waals surface area contributed by atoms with E-state index in [2.05, 4.69) is 27.2 Å². The zero-order valence-corrected chi connectivity index (χ0v) is 13.0. The standard InChI is InChI=1S/C16H24ClN3/c1-18-11-13-5-2-7-15(17)16(13)20-10-4-9-19-8-3-6-14(19)12-20/h2,5,7,14,18H,3-4,6,8-12H2,1H3. The maximum Gasteiger partial charge on any atom is 0.0642 e. The molecule has 4 heteroatoms. The first-order valence-corrected chi connectivity index (χ1v) is 8.08. The van der Waals surface area contributed by atoms with Gasteiger partial charge in [-0.15, -0.1) is 0 Å². The lowest BCUT2D eigenvalue weighted by Gasteiger charge is -2.29. The second kappa shape index (κ2) is 6.33. The van der Waals surface area contributed by atoms with Crippen LogP contribution in [0.2, 0.25) is 5.02 Å². The van der Waals surface area contributed by atoms with E-state index in [1.54, 1.807) is 0 Å². The van der Waals surface area contributed by atoms with Gasteiger partial charge in [0.2, 0.25) is 0 Å². The molecule has 0 aliphatic carbocycles. The quantitative estimate of drug-likeness (QED) is 0.924. The lowest BCUT2D eigenvalue weighted by molar-refractivity contribution is 0.273. The van der Waals surface area contributed by atoms with E-state index in [0.29, 0.717) is 0 Å². The Balaban J connectivity index is 1.87. The van der Waals surface area contributed by atoms with Crippen LogP contribution >= 0.6 is 11.6 Å². The van der Waals surface area contributed by atoms with Crippen LogP contribution in [0.5, 0.6) is 0 Å². The second-order valence-corrected chi connectivity index (χ2v) is 6.32. The molecule has 1 N–H and O–H groups in total. The highest BCUT2D eigenvalue weighted by molar-refractivity contribution is 6.33. The Morgan fingerprint density at radius 1 is 1.25 bits per heavy atom. The van der Waals surface area contributed by atoms with Crippen molar-refractivity contribution in [1.29, 1.82) is 0 Å². The largest absolute Gasteiger partial charge is 0.368 e. The maximum atomic E-state index is 6.51. The molecule has 2 fully saturated rings. The van der Waals surface area contributed by atoms with Crippen LogP contribution in [0.3, 0.4) is 0 Å². The molecule has 0 aromatic heterocycles. The zero-order valence-electron chi connectivity index (χ0n) is 12.2. The molecular formula is C16H24ClN3. The lowest BCUT2D eigenvalue weighted by atomic mass is 10.1. The van der Waals surface area contributed by atoms with Crippen LogP contribution in [0.4, 0.5) is 5.69 Å². The van der Waals surface area contributed by atoms with Crippen molar-refractivity contribution in [3.63, 3.8) is 0 Å². The van der Waals surface area contributed by atoms with E-state index in [-0.39, 0.29) is 0 Å². The summed E-state index contributed by atoms with van der Waals surface area (Å²) in [5, 5.41) is 4.15. The van der Waals surface area contributed by atoms with Gasteiger partial charge in [0.1, 0.15) is 0 Å². The van der Waals surface area contributed by atoms with E-state index in [4.69, 9.17) is 11.6 Å². The third kappa shape index (κ3) is 2.80. The van der Waals surface area contributed by atoms with Crippen LogP contribution in [0.1, 0.15) is 24.8 Å². The van der Waals surface area contributed by atoms with Crippen molar-refractivity contribution in [1.82, 2.24) is 10.2 Å². The number of rotatable bonds is 3. The molecule has 1 aromatic carbocycles. The molecule has 0 bridgehead atoms. The van der Waals surface area contributed by atoms with Gasteiger partial charge in [0.15, 0.2) is 0 Å². The van der Waals surface area contributed by atoms with Crippen LogP contribution in [-0.2, 0) is 6.54 Å². The van der Waals surface area contributed by atoms with Gasteiger partial charge in [0.25, 0.3) is 0 Å². The molecule has 2 saturated heterocycles. The average Bonchev–Trinajstić information content (AvgIpc) is 2.77. The molecule has 0 radical (unpaired) electrons. The van der Waals surface area contributed by atoms with Gasteiger partial charge in [0, 0.05) is 32.2 Å². The number of hydrogen-bond acceptors (Lipinski definition) is 3. The number of halogens is 1. The van der Waals surface area contributed by atoms with Crippen molar-refractivity contribution in [2.45, 2.75) is 31.8 Å². The summed E-state index contributed by atoms with van der Waals surface area (Å²) in [6, 6.07) is 6.98. The average molecular weight is 294 g/mol. The van der Waals surface area contributed by atoms with E-state index in [1.165, 1.54) is 43.6 Å². The molecule has 1 atom stereocenters. The number of nitrogens with zero attached hydrogens (tertiary/aromatic N) is 2. The maximum absolute atomic E-state index is 6.51. The summed E-state index contributed by atoms with van der Waals surface area (Å²) in [6.45, 7) is 5.64. The monoisotopic (exact) mass is 293 g/mol. The Hall–Kier alpha value is -0.770. The van der Waals surface area contributed by atoms with Gasteiger partial charge in [0.05, 0.1) is 10.7 Å². The number of hydrogen-bond donors (Lipinski definition) is 1. The highest BCUT2D eigenvalue weighted by Crippen LogP contribution is 2.33.